The molecule has 1 aromatic rings. The summed E-state index contributed by atoms with van der Waals surface area (Å²) in [6.07, 6.45) is 1.39. The molecule has 8 nitrogen and oxygen atoms in total. The van der Waals surface area contributed by atoms with Gasteiger partial charge < -0.3 is 10.6 Å². The minimum absolute atomic E-state index is 0.133. The van der Waals surface area contributed by atoms with Crippen molar-refractivity contribution in [1.82, 2.24) is 15.5 Å². The molecule has 20 heavy (non-hydrogen) atoms. The van der Waals surface area contributed by atoms with Gasteiger partial charge in [-0.2, -0.15) is 11.8 Å². The molecule has 1 fully saturated rings. The number of rotatable bonds is 5. The molecule has 11 heteroatoms. The van der Waals surface area contributed by atoms with E-state index < -0.39 is 10.0 Å². The van der Waals surface area contributed by atoms with Gasteiger partial charge in [0.05, 0.1) is 6.26 Å². The lowest BCUT2D eigenvalue weighted by Crippen LogP contribution is -2.39. The van der Waals surface area contributed by atoms with Gasteiger partial charge in [0.2, 0.25) is 26.2 Å². The van der Waals surface area contributed by atoms with E-state index in [1.54, 1.807) is 0 Å². The number of nitrogens with zero attached hydrogens (tertiary/aromatic N) is 2. The van der Waals surface area contributed by atoms with Crippen LogP contribution in [0.5, 0.6) is 0 Å². The number of sulfonamides is 1. The maximum absolute atomic E-state index is 11.8. The predicted octanol–water partition coefficient (Wildman–Crippen LogP) is -0.0568. The molecule has 3 N–H and O–H groups in total. The highest BCUT2D eigenvalue weighted by Gasteiger charge is 2.18. The first kappa shape index (κ1) is 15.5. The van der Waals surface area contributed by atoms with Crippen molar-refractivity contribution in [3.63, 3.8) is 0 Å². The molecule has 1 atom stereocenters. The van der Waals surface area contributed by atoms with Crippen LogP contribution in [0, 0.1) is 0 Å². The van der Waals surface area contributed by atoms with Crippen LogP contribution >= 0.6 is 23.1 Å². The van der Waals surface area contributed by atoms with E-state index in [1.165, 1.54) is 0 Å². The van der Waals surface area contributed by atoms with Crippen molar-refractivity contribution < 1.29 is 13.2 Å². The van der Waals surface area contributed by atoms with Crippen molar-refractivity contribution >= 4 is 49.3 Å². The lowest BCUT2D eigenvalue weighted by atomic mass is 10.2. The standard InChI is InChI=1S/C9H15N5O3S3/c1-20(16,17)14-9-13-12-8(19-9)11-7(15)4-6-5-18-3-2-10-6/h6,10H,2-5H2,1H3,(H,13,14)(H,11,12,15). The number of nitrogens with one attached hydrogen (secondary N) is 3. The van der Waals surface area contributed by atoms with Crippen molar-refractivity contribution in [3.05, 3.63) is 0 Å². The van der Waals surface area contributed by atoms with E-state index in [2.05, 4.69) is 25.6 Å². The number of amides is 1. The molecule has 1 saturated heterocycles. The third-order valence-corrected chi connectivity index (χ3v) is 4.95. The lowest BCUT2D eigenvalue weighted by Gasteiger charge is -2.22. The van der Waals surface area contributed by atoms with E-state index in [-0.39, 0.29) is 22.2 Å². The van der Waals surface area contributed by atoms with Crippen LogP contribution in [0.25, 0.3) is 0 Å². The molecule has 0 spiro atoms. The number of hydrogen-bond acceptors (Lipinski definition) is 8. The topological polar surface area (TPSA) is 113 Å². The number of aromatic nitrogens is 2. The number of anilines is 2. The molecule has 0 radical (unpaired) electrons. The Morgan fingerprint density at radius 2 is 2.20 bits per heavy atom. The summed E-state index contributed by atoms with van der Waals surface area (Å²) in [5.74, 6) is 1.81. The molecule has 112 valence electrons. The van der Waals surface area contributed by atoms with Crippen LogP contribution in [0.15, 0.2) is 0 Å². The van der Waals surface area contributed by atoms with Crippen molar-refractivity contribution in [3.8, 4) is 0 Å². The molecule has 0 aromatic carbocycles. The van der Waals surface area contributed by atoms with Crippen LogP contribution < -0.4 is 15.4 Å². The average Bonchev–Trinajstić information content (AvgIpc) is 2.75. The van der Waals surface area contributed by atoms with Gasteiger partial charge in [0.1, 0.15) is 0 Å². The van der Waals surface area contributed by atoms with E-state index in [0.29, 0.717) is 6.42 Å². The minimum atomic E-state index is -3.38. The summed E-state index contributed by atoms with van der Waals surface area (Å²) in [5, 5.41) is 13.7. The van der Waals surface area contributed by atoms with E-state index in [4.69, 9.17) is 0 Å². The Hall–Kier alpha value is -0.910. The van der Waals surface area contributed by atoms with E-state index in [1.807, 2.05) is 11.8 Å². The summed E-state index contributed by atoms with van der Waals surface area (Å²) in [7, 11) is -3.38. The molecule has 1 amide bonds. The predicted molar refractivity (Wildman–Crippen MR) is 80.7 cm³/mol. The highest BCUT2D eigenvalue weighted by molar-refractivity contribution is 7.99. The van der Waals surface area contributed by atoms with Crippen LogP contribution in [-0.4, -0.2) is 54.9 Å². The van der Waals surface area contributed by atoms with Crippen LogP contribution in [0.4, 0.5) is 10.3 Å². The molecule has 2 rings (SSSR count). The first-order valence-corrected chi connectivity index (χ1v) is 9.71. The molecule has 0 bridgehead atoms. The second-order valence-electron chi connectivity index (χ2n) is 4.26. The molecule has 2 heterocycles. The van der Waals surface area contributed by atoms with Crippen LogP contribution in [0.3, 0.4) is 0 Å². The van der Waals surface area contributed by atoms with Crippen molar-refractivity contribution in [2.45, 2.75) is 12.5 Å². The zero-order chi connectivity index (χ0) is 14.6. The molecule has 1 aromatic heterocycles. The molecule has 1 aliphatic heterocycles. The Morgan fingerprint density at radius 1 is 1.45 bits per heavy atom. The molecule has 1 unspecified atom stereocenters. The van der Waals surface area contributed by atoms with E-state index in [0.717, 1.165) is 35.6 Å². The summed E-state index contributed by atoms with van der Waals surface area (Å²) >= 11 is 2.80. The Bertz CT molecular complexity index is 567. The fraction of sp³-hybridized carbons (Fsp3) is 0.667. The summed E-state index contributed by atoms with van der Waals surface area (Å²) in [4.78, 5) is 11.8. The normalized spacial score (nSPS) is 19.6. The lowest BCUT2D eigenvalue weighted by molar-refractivity contribution is -0.116. The molecule has 1 aliphatic rings. The summed E-state index contributed by atoms with van der Waals surface area (Å²) in [6, 6.07) is 0.162. The molecular formula is C9H15N5O3S3. The third kappa shape index (κ3) is 5.23. The quantitative estimate of drug-likeness (QED) is 0.690. The summed E-state index contributed by atoms with van der Waals surface area (Å²) in [5.41, 5.74) is 0. The highest BCUT2D eigenvalue weighted by atomic mass is 32.2. The van der Waals surface area contributed by atoms with Gasteiger partial charge in [-0.25, -0.2) is 8.42 Å². The second-order valence-corrected chi connectivity index (χ2v) is 8.14. The monoisotopic (exact) mass is 337 g/mol. The number of hydrogen-bond donors (Lipinski definition) is 3. The molecule has 0 aliphatic carbocycles. The number of carbonyl (C=O) groups is 1. The Balaban J connectivity index is 1.85. The third-order valence-electron chi connectivity index (χ3n) is 2.37. The highest BCUT2D eigenvalue weighted by Crippen LogP contribution is 2.21. The molecular weight excluding hydrogens is 322 g/mol. The van der Waals surface area contributed by atoms with Gasteiger partial charge in [-0.3, -0.25) is 9.52 Å². The Kier molecular flexibility index (Phi) is 5.18. The average molecular weight is 337 g/mol. The minimum Gasteiger partial charge on any atom is -0.312 e. The van der Waals surface area contributed by atoms with E-state index >= 15 is 0 Å². The number of carbonyl (C=O) groups excluding carboxylic acids is 1. The van der Waals surface area contributed by atoms with Crippen LogP contribution in [-0.2, 0) is 14.8 Å². The zero-order valence-corrected chi connectivity index (χ0v) is 13.2. The van der Waals surface area contributed by atoms with Crippen LogP contribution in [0.1, 0.15) is 6.42 Å². The zero-order valence-electron chi connectivity index (χ0n) is 10.7. The first-order valence-electron chi connectivity index (χ1n) is 5.84. The Labute approximate surface area is 125 Å². The van der Waals surface area contributed by atoms with Crippen LogP contribution in [0.2, 0.25) is 0 Å². The fourth-order valence-corrected chi connectivity index (χ4v) is 4.06. The maximum Gasteiger partial charge on any atom is 0.231 e. The van der Waals surface area contributed by atoms with Crippen molar-refractivity contribution in [2.75, 3.05) is 34.3 Å². The number of thioether (sulfide) groups is 1. The largest absolute Gasteiger partial charge is 0.312 e. The Morgan fingerprint density at radius 3 is 2.85 bits per heavy atom. The van der Waals surface area contributed by atoms with Gasteiger partial charge >= 0.3 is 0 Å². The van der Waals surface area contributed by atoms with Gasteiger partial charge in [-0.15, -0.1) is 10.2 Å². The van der Waals surface area contributed by atoms with Gasteiger partial charge in [0, 0.05) is 30.5 Å². The van der Waals surface area contributed by atoms with Gasteiger partial charge in [-0.1, -0.05) is 11.3 Å². The first-order chi connectivity index (χ1) is 9.42. The maximum atomic E-state index is 11.8. The summed E-state index contributed by atoms with van der Waals surface area (Å²) in [6.45, 7) is 0.907. The SMILES string of the molecule is CS(=O)(=O)Nc1nnc(NC(=O)CC2CSCCN2)s1. The molecule has 0 saturated carbocycles. The van der Waals surface area contributed by atoms with Crippen molar-refractivity contribution in [2.24, 2.45) is 0 Å². The second kappa shape index (κ2) is 6.70. The smallest absolute Gasteiger partial charge is 0.231 e. The van der Waals surface area contributed by atoms with Gasteiger partial charge in [0.25, 0.3) is 0 Å². The summed E-state index contributed by atoms with van der Waals surface area (Å²) < 4.78 is 24.3. The van der Waals surface area contributed by atoms with Gasteiger partial charge in [0.15, 0.2) is 0 Å². The fourth-order valence-electron chi connectivity index (χ4n) is 1.62. The van der Waals surface area contributed by atoms with Crippen molar-refractivity contribution in [1.29, 1.82) is 0 Å². The van der Waals surface area contributed by atoms with E-state index in [9.17, 15) is 13.2 Å². The van der Waals surface area contributed by atoms with Gasteiger partial charge in [-0.05, 0) is 0 Å².